The molecule has 1 nitrogen and oxygen atoms in total. The van der Waals surface area contributed by atoms with E-state index in [2.05, 4.69) is 19.6 Å². The average Bonchev–Trinajstić information content (AvgIpc) is 1.98. The first kappa shape index (κ1) is 9.02. The zero-order valence-electron chi connectivity index (χ0n) is 6.63. The third kappa shape index (κ3) is 5.16. The highest BCUT2D eigenvalue weighted by atomic mass is 16.5. The second-order valence-corrected chi connectivity index (χ2v) is 1.87. The Morgan fingerprint density at radius 3 is 2.70 bits per heavy atom. The SMILES string of the molecule is C=C(/C=C\C=C/CC)OC. The molecule has 0 saturated carbocycles. The molecule has 0 aliphatic heterocycles. The minimum atomic E-state index is 0.681. The van der Waals surface area contributed by atoms with Crippen molar-refractivity contribution >= 4 is 0 Å². The van der Waals surface area contributed by atoms with Gasteiger partial charge in [0.2, 0.25) is 0 Å². The monoisotopic (exact) mass is 138 g/mol. The van der Waals surface area contributed by atoms with Gasteiger partial charge in [0.15, 0.2) is 0 Å². The lowest BCUT2D eigenvalue weighted by atomic mass is 10.4. The van der Waals surface area contributed by atoms with Gasteiger partial charge in [-0.2, -0.15) is 0 Å². The molecule has 0 aromatic carbocycles. The summed E-state index contributed by atoms with van der Waals surface area (Å²) in [7, 11) is 1.61. The van der Waals surface area contributed by atoms with Crippen LogP contribution in [0.3, 0.4) is 0 Å². The highest BCUT2D eigenvalue weighted by Crippen LogP contribution is 1.92. The van der Waals surface area contributed by atoms with E-state index in [1.54, 1.807) is 7.11 Å². The minimum Gasteiger partial charge on any atom is -0.497 e. The second-order valence-electron chi connectivity index (χ2n) is 1.87. The van der Waals surface area contributed by atoms with Gasteiger partial charge in [-0.3, -0.25) is 0 Å². The molecule has 0 N–H and O–H groups in total. The first-order valence-corrected chi connectivity index (χ1v) is 3.37. The number of allylic oxidation sites excluding steroid dienone is 4. The van der Waals surface area contributed by atoms with Gasteiger partial charge in [0, 0.05) is 0 Å². The van der Waals surface area contributed by atoms with Crippen molar-refractivity contribution in [2.75, 3.05) is 7.11 Å². The molecule has 0 radical (unpaired) electrons. The number of rotatable bonds is 4. The third-order valence-electron chi connectivity index (χ3n) is 1.03. The summed E-state index contributed by atoms with van der Waals surface area (Å²) in [5.41, 5.74) is 0. The van der Waals surface area contributed by atoms with Gasteiger partial charge in [-0.15, -0.1) is 0 Å². The molecule has 1 heteroatoms. The van der Waals surface area contributed by atoms with E-state index in [0.717, 1.165) is 6.42 Å². The van der Waals surface area contributed by atoms with Crippen LogP contribution in [0.15, 0.2) is 36.6 Å². The van der Waals surface area contributed by atoms with E-state index in [1.165, 1.54) is 0 Å². The van der Waals surface area contributed by atoms with Crippen molar-refractivity contribution in [1.29, 1.82) is 0 Å². The Balaban J connectivity index is 3.55. The lowest BCUT2D eigenvalue weighted by molar-refractivity contribution is 0.309. The summed E-state index contributed by atoms with van der Waals surface area (Å²) in [5.74, 6) is 0.681. The molecule has 0 aromatic heterocycles. The molecule has 0 saturated heterocycles. The maximum Gasteiger partial charge on any atom is 0.111 e. The van der Waals surface area contributed by atoms with Gasteiger partial charge < -0.3 is 4.74 Å². The fraction of sp³-hybridized carbons (Fsp3) is 0.333. The molecular weight excluding hydrogens is 124 g/mol. The molecule has 0 aromatic rings. The highest BCUT2D eigenvalue weighted by Gasteiger charge is 1.76. The quantitative estimate of drug-likeness (QED) is 0.428. The van der Waals surface area contributed by atoms with Crippen molar-refractivity contribution in [2.45, 2.75) is 13.3 Å². The fourth-order valence-electron chi connectivity index (χ4n) is 0.446. The van der Waals surface area contributed by atoms with Gasteiger partial charge in [0.1, 0.15) is 5.76 Å². The molecule has 0 spiro atoms. The molecule has 0 unspecified atom stereocenters. The Kier molecular flexibility index (Phi) is 5.54. The molecular formula is C9H14O. The summed E-state index contributed by atoms with van der Waals surface area (Å²) in [5, 5.41) is 0. The summed E-state index contributed by atoms with van der Waals surface area (Å²) in [4.78, 5) is 0. The van der Waals surface area contributed by atoms with E-state index in [9.17, 15) is 0 Å². The molecule has 10 heavy (non-hydrogen) atoms. The van der Waals surface area contributed by atoms with Crippen molar-refractivity contribution < 1.29 is 4.74 Å². The number of ether oxygens (including phenoxy) is 1. The number of methoxy groups -OCH3 is 1. The van der Waals surface area contributed by atoms with Crippen molar-refractivity contribution in [3.8, 4) is 0 Å². The third-order valence-corrected chi connectivity index (χ3v) is 1.03. The van der Waals surface area contributed by atoms with Gasteiger partial charge >= 0.3 is 0 Å². The van der Waals surface area contributed by atoms with Crippen LogP contribution in [-0.2, 0) is 4.74 Å². The van der Waals surface area contributed by atoms with Gasteiger partial charge in [-0.05, 0) is 12.5 Å². The molecule has 0 bridgehead atoms. The number of hydrogen-bond acceptors (Lipinski definition) is 1. The van der Waals surface area contributed by atoms with Gasteiger partial charge in [-0.25, -0.2) is 0 Å². The van der Waals surface area contributed by atoms with Gasteiger partial charge in [-0.1, -0.05) is 31.7 Å². The maximum atomic E-state index is 4.82. The summed E-state index contributed by atoms with van der Waals surface area (Å²) in [6, 6.07) is 0. The molecule has 0 rings (SSSR count). The van der Waals surface area contributed by atoms with Crippen LogP contribution in [-0.4, -0.2) is 7.11 Å². The Hall–Kier alpha value is -0.980. The van der Waals surface area contributed by atoms with E-state index in [0.29, 0.717) is 5.76 Å². The van der Waals surface area contributed by atoms with Crippen molar-refractivity contribution in [2.24, 2.45) is 0 Å². The van der Waals surface area contributed by atoms with Crippen LogP contribution < -0.4 is 0 Å². The van der Waals surface area contributed by atoms with E-state index in [-0.39, 0.29) is 0 Å². The predicted octanol–water partition coefficient (Wildman–Crippen LogP) is 2.67. The topological polar surface area (TPSA) is 9.23 Å². The first-order chi connectivity index (χ1) is 4.81. The van der Waals surface area contributed by atoms with Crippen LogP contribution in [0.2, 0.25) is 0 Å². The van der Waals surface area contributed by atoms with Gasteiger partial charge in [0.25, 0.3) is 0 Å². The smallest absolute Gasteiger partial charge is 0.111 e. The van der Waals surface area contributed by atoms with Crippen LogP contribution >= 0.6 is 0 Å². The summed E-state index contributed by atoms with van der Waals surface area (Å²) in [6.45, 7) is 5.72. The Morgan fingerprint density at radius 1 is 1.50 bits per heavy atom. The van der Waals surface area contributed by atoms with Crippen molar-refractivity contribution in [1.82, 2.24) is 0 Å². The van der Waals surface area contributed by atoms with E-state index in [4.69, 9.17) is 4.74 Å². The summed E-state index contributed by atoms with van der Waals surface area (Å²) >= 11 is 0. The lowest BCUT2D eigenvalue weighted by Gasteiger charge is -1.92. The predicted molar refractivity (Wildman–Crippen MR) is 44.7 cm³/mol. The largest absolute Gasteiger partial charge is 0.497 e. The van der Waals surface area contributed by atoms with E-state index >= 15 is 0 Å². The zero-order valence-corrected chi connectivity index (χ0v) is 6.63. The van der Waals surface area contributed by atoms with Crippen LogP contribution in [0.5, 0.6) is 0 Å². The van der Waals surface area contributed by atoms with E-state index < -0.39 is 0 Å². The molecule has 0 heterocycles. The van der Waals surface area contributed by atoms with Crippen LogP contribution in [0.4, 0.5) is 0 Å². The molecule has 0 atom stereocenters. The van der Waals surface area contributed by atoms with Crippen molar-refractivity contribution in [3.63, 3.8) is 0 Å². The molecule has 0 aliphatic rings. The van der Waals surface area contributed by atoms with Crippen LogP contribution in [0, 0.1) is 0 Å². The average molecular weight is 138 g/mol. The Bertz CT molecular complexity index is 143. The second kappa shape index (κ2) is 6.14. The number of hydrogen-bond donors (Lipinski definition) is 0. The zero-order chi connectivity index (χ0) is 7.82. The first-order valence-electron chi connectivity index (χ1n) is 3.37. The molecule has 0 fully saturated rings. The minimum absolute atomic E-state index is 0.681. The fourth-order valence-corrected chi connectivity index (χ4v) is 0.446. The van der Waals surface area contributed by atoms with Crippen LogP contribution in [0.25, 0.3) is 0 Å². The summed E-state index contributed by atoms with van der Waals surface area (Å²) in [6.07, 6.45) is 8.84. The molecule has 56 valence electrons. The lowest BCUT2D eigenvalue weighted by Crippen LogP contribution is -1.75. The Labute approximate surface area is 62.7 Å². The summed E-state index contributed by atoms with van der Waals surface area (Å²) < 4.78 is 4.82. The van der Waals surface area contributed by atoms with E-state index in [1.807, 2.05) is 18.2 Å². The maximum absolute atomic E-state index is 4.82. The standard InChI is InChI=1S/C9H14O/c1-4-5-6-7-8-9(2)10-3/h5-8H,2,4H2,1,3H3/b6-5-,8-7-. The molecule has 0 aliphatic carbocycles. The highest BCUT2D eigenvalue weighted by molar-refractivity contribution is 5.13. The van der Waals surface area contributed by atoms with Crippen LogP contribution in [0.1, 0.15) is 13.3 Å². The Morgan fingerprint density at radius 2 is 2.20 bits per heavy atom. The molecule has 0 amide bonds. The van der Waals surface area contributed by atoms with Gasteiger partial charge in [0.05, 0.1) is 7.11 Å². The van der Waals surface area contributed by atoms with Crippen molar-refractivity contribution in [3.05, 3.63) is 36.6 Å². The normalized spacial score (nSPS) is 11.0.